The van der Waals surface area contributed by atoms with Crippen molar-refractivity contribution in [2.75, 3.05) is 0 Å². The molecule has 5 heteroatoms. The molecule has 1 aliphatic rings. The van der Waals surface area contributed by atoms with Crippen molar-refractivity contribution in [1.29, 1.82) is 0 Å². The minimum atomic E-state index is -2.75. The van der Waals surface area contributed by atoms with Crippen LogP contribution in [0.15, 0.2) is 0 Å². The Morgan fingerprint density at radius 3 is 1.40 bits per heavy atom. The monoisotopic (exact) mass is 77.0 g/mol. The van der Waals surface area contributed by atoms with E-state index in [1.807, 2.05) is 0 Å². The van der Waals surface area contributed by atoms with Crippen molar-refractivity contribution in [3.8, 4) is 0 Å². The molecule has 0 saturated carbocycles. The first-order valence-electron chi connectivity index (χ1n) is 1.15. The maximum Gasteiger partial charge on any atom is 0.572 e. The van der Waals surface area contributed by atoms with Crippen molar-refractivity contribution in [1.82, 2.24) is 0 Å². The molecular weight excluding hydrogens is 74.8 g/mol. The molecule has 0 radical (unpaired) electrons. The second kappa shape index (κ2) is 0.527. The van der Waals surface area contributed by atoms with Gasteiger partial charge in [0.1, 0.15) is 0 Å². The molecule has 0 amide bonds. The van der Waals surface area contributed by atoms with Crippen molar-refractivity contribution in [3.05, 3.63) is 0 Å². The molecule has 1 rings (SSSR count). The molecule has 0 aromatic rings. The van der Waals surface area contributed by atoms with Gasteiger partial charge in [0.05, 0.1) is 0 Å². The molecule has 2 N–H and O–H groups in total. The normalized spacial score (nSPS) is 30.0. The Kier molecular flexibility index (Phi) is 0.328. The lowest BCUT2D eigenvalue weighted by Gasteiger charge is -1.81. The van der Waals surface area contributed by atoms with Gasteiger partial charge in [-0.1, -0.05) is 0 Å². The van der Waals surface area contributed by atoms with Gasteiger partial charge in [-0.2, -0.15) is 0 Å². The highest BCUT2D eigenvalue weighted by Gasteiger charge is 2.38. The summed E-state index contributed by atoms with van der Waals surface area (Å²) in [5.41, 5.74) is 0. The van der Waals surface area contributed by atoms with Crippen LogP contribution in [0.3, 0.4) is 0 Å². The molecule has 1 saturated heterocycles. The molecule has 0 bridgehead atoms. The SMILES string of the molecule is O[B-]1(O)OO1. The van der Waals surface area contributed by atoms with Crippen molar-refractivity contribution < 1.29 is 19.7 Å². The van der Waals surface area contributed by atoms with Crippen LogP contribution in [0, 0.1) is 0 Å². The zero-order chi connectivity index (χ0) is 3.91. The van der Waals surface area contributed by atoms with Crippen molar-refractivity contribution in [2.24, 2.45) is 0 Å². The van der Waals surface area contributed by atoms with Gasteiger partial charge in [-0.05, 0) is 0 Å². The van der Waals surface area contributed by atoms with E-state index in [4.69, 9.17) is 10.0 Å². The second-order valence-corrected chi connectivity index (χ2v) is 0.826. The van der Waals surface area contributed by atoms with E-state index in [9.17, 15) is 0 Å². The van der Waals surface area contributed by atoms with Gasteiger partial charge < -0.3 is 19.7 Å². The Balaban J connectivity index is 2.38. The van der Waals surface area contributed by atoms with E-state index < -0.39 is 6.96 Å². The topological polar surface area (TPSA) is 65.5 Å². The maximum absolute atomic E-state index is 7.81. The van der Waals surface area contributed by atoms with Gasteiger partial charge in [-0.25, -0.2) is 0 Å². The fourth-order valence-electron chi connectivity index (χ4n) is 0.0497. The molecule has 30 valence electrons. The van der Waals surface area contributed by atoms with E-state index in [-0.39, 0.29) is 0 Å². The van der Waals surface area contributed by atoms with Crippen LogP contribution in [0.2, 0.25) is 0 Å². The molecule has 0 atom stereocenters. The quantitative estimate of drug-likeness (QED) is 0.207. The van der Waals surface area contributed by atoms with Gasteiger partial charge in [-0.15, -0.1) is 0 Å². The third-order valence-corrected chi connectivity index (χ3v) is 0.268. The summed E-state index contributed by atoms with van der Waals surface area (Å²) in [7, 11) is 0. The maximum atomic E-state index is 7.81. The molecule has 0 unspecified atom stereocenters. The van der Waals surface area contributed by atoms with Crippen LogP contribution in [0.5, 0.6) is 0 Å². The van der Waals surface area contributed by atoms with Crippen LogP contribution in [0.1, 0.15) is 0 Å². The van der Waals surface area contributed by atoms with Crippen molar-refractivity contribution in [2.45, 2.75) is 0 Å². The lowest BCUT2D eigenvalue weighted by molar-refractivity contribution is 0.0850. The smallest absolute Gasteiger partial charge is 0.531 e. The Morgan fingerprint density at radius 1 is 1.20 bits per heavy atom. The van der Waals surface area contributed by atoms with Crippen LogP contribution in [0.4, 0.5) is 0 Å². The Morgan fingerprint density at radius 2 is 1.40 bits per heavy atom. The Labute approximate surface area is 27.9 Å². The van der Waals surface area contributed by atoms with E-state index in [0.717, 1.165) is 0 Å². The molecular formula is H2BO4-. The Hall–Kier alpha value is -0.0951. The van der Waals surface area contributed by atoms with Gasteiger partial charge >= 0.3 is 6.96 Å². The summed E-state index contributed by atoms with van der Waals surface area (Å²) in [4.78, 5) is 7.14. The predicted molar refractivity (Wildman–Crippen MR) is 12.4 cm³/mol. The zero-order valence-electron chi connectivity index (χ0n) is 2.29. The highest BCUT2D eigenvalue weighted by molar-refractivity contribution is 6.55. The molecule has 0 aromatic heterocycles. The molecule has 4 nitrogen and oxygen atoms in total. The van der Waals surface area contributed by atoms with E-state index in [1.165, 1.54) is 0 Å². The lowest BCUT2D eigenvalue weighted by atomic mass is 10.2. The third kappa shape index (κ3) is 0.589. The summed E-state index contributed by atoms with van der Waals surface area (Å²) in [6.07, 6.45) is 0. The van der Waals surface area contributed by atoms with Crippen LogP contribution >= 0.6 is 0 Å². The first-order valence-corrected chi connectivity index (χ1v) is 1.15. The summed E-state index contributed by atoms with van der Waals surface area (Å²) in [6, 6.07) is 0. The highest BCUT2D eigenvalue weighted by atomic mass is 17.4. The van der Waals surface area contributed by atoms with Gasteiger partial charge in [0.2, 0.25) is 0 Å². The summed E-state index contributed by atoms with van der Waals surface area (Å²) in [6.45, 7) is -2.75. The average molecular weight is 76.8 g/mol. The van der Waals surface area contributed by atoms with Gasteiger partial charge in [0.15, 0.2) is 0 Å². The number of hydrogen-bond acceptors (Lipinski definition) is 4. The average Bonchev–Trinajstić information content (AvgIpc) is 1.76. The molecule has 1 fully saturated rings. The van der Waals surface area contributed by atoms with Crippen LogP contribution in [-0.2, 0) is 9.61 Å². The minimum Gasteiger partial charge on any atom is -0.531 e. The molecule has 0 spiro atoms. The fourth-order valence-corrected chi connectivity index (χ4v) is 0.0497. The molecule has 5 heavy (non-hydrogen) atoms. The van der Waals surface area contributed by atoms with E-state index in [2.05, 4.69) is 9.61 Å². The molecule has 0 aromatic carbocycles. The summed E-state index contributed by atoms with van der Waals surface area (Å²) in [5, 5.41) is 15.6. The van der Waals surface area contributed by atoms with Gasteiger partial charge in [0, 0.05) is 0 Å². The number of hydrogen-bond donors (Lipinski definition) is 2. The zero-order valence-corrected chi connectivity index (χ0v) is 2.29. The van der Waals surface area contributed by atoms with E-state index >= 15 is 0 Å². The molecule has 0 aliphatic carbocycles. The molecule has 1 heterocycles. The predicted octanol–water partition coefficient (Wildman–Crippen LogP) is -1.63. The Bertz CT molecular complexity index is 41.6. The van der Waals surface area contributed by atoms with Gasteiger partial charge in [-0.3, -0.25) is 0 Å². The largest absolute Gasteiger partial charge is 0.572 e. The second-order valence-electron chi connectivity index (χ2n) is 0.826. The van der Waals surface area contributed by atoms with Crippen molar-refractivity contribution >= 4 is 6.96 Å². The van der Waals surface area contributed by atoms with E-state index in [1.54, 1.807) is 0 Å². The molecule has 1 aliphatic heterocycles. The van der Waals surface area contributed by atoms with Crippen LogP contribution in [-0.4, -0.2) is 17.0 Å². The standard InChI is InChI=1S/BH2O4/c2-1(3)4-5-1/h2-3H/q-1. The third-order valence-electron chi connectivity index (χ3n) is 0.268. The summed E-state index contributed by atoms with van der Waals surface area (Å²) >= 11 is 0. The first-order chi connectivity index (χ1) is 2.21. The van der Waals surface area contributed by atoms with Gasteiger partial charge in [0.25, 0.3) is 0 Å². The van der Waals surface area contributed by atoms with E-state index in [0.29, 0.717) is 0 Å². The highest BCUT2D eigenvalue weighted by Crippen LogP contribution is 2.13. The summed E-state index contributed by atoms with van der Waals surface area (Å²) < 4.78 is 0. The van der Waals surface area contributed by atoms with Crippen LogP contribution < -0.4 is 0 Å². The van der Waals surface area contributed by atoms with Crippen molar-refractivity contribution in [3.63, 3.8) is 0 Å². The lowest BCUT2D eigenvalue weighted by Crippen LogP contribution is -2.12. The number of rotatable bonds is 0. The fraction of sp³-hybridized carbons (Fsp3) is 0. The van der Waals surface area contributed by atoms with Crippen LogP contribution in [0.25, 0.3) is 0 Å². The first kappa shape index (κ1) is 3.11. The minimum absolute atomic E-state index is 2.75. The summed E-state index contributed by atoms with van der Waals surface area (Å²) in [5.74, 6) is 0.